The van der Waals surface area contributed by atoms with Crippen LogP contribution in [0.2, 0.25) is 0 Å². The number of aromatic nitrogens is 3. The Kier molecular flexibility index (Phi) is 17.7. The van der Waals surface area contributed by atoms with E-state index in [9.17, 15) is 0 Å². The van der Waals surface area contributed by atoms with Crippen molar-refractivity contribution in [3.8, 4) is 0 Å². The summed E-state index contributed by atoms with van der Waals surface area (Å²) in [6, 6.07) is 0. The third-order valence-corrected chi connectivity index (χ3v) is 8.52. The van der Waals surface area contributed by atoms with E-state index in [0.717, 1.165) is 13.0 Å². The highest BCUT2D eigenvalue weighted by Crippen LogP contribution is 2.37. The predicted molar refractivity (Wildman–Crippen MR) is 155 cm³/mol. The largest absolute Gasteiger partial charge is 0.252 e. The van der Waals surface area contributed by atoms with Gasteiger partial charge in [-0.3, -0.25) is 4.68 Å². The van der Waals surface area contributed by atoms with Crippen LogP contribution in [0.15, 0.2) is 6.20 Å². The van der Waals surface area contributed by atoms with Gasteiger partial charge in [-0.25, -0.2) is 0 Å². The third kappa shape index (κ3) is 15.1. The maximum absolute atomic E-state index is 4.56. The molecule has 0 spiro atoms. The Morgan fingerprint density at radius 1 is 0.571 bits per heavy atom. The monoisotopic (exact) mass is 490 g/mol. The van der Waals surface area contributed by atoms with E-state index >= 15 is 0 Å². The summed E-state index contributed by atoms with van der Waals surface area (Å²) in [5.41, 5.74) is 2.21. The molecule has 35 heavy (non-hydrogen) atoms. The lowest BCUT2D eigenvalue weighted by Crippen LogP contribution is -2.18. The van der Waals surface area contributed by atoms with Crippen LogP contribution >= 0.6 is 0 Å². The number of nitrogens with zero attached hydrogens (tertiary/aromatic N) is 3. The van der Waals surface area contributed by atoms with Gasteiger partial charge in [-0.05, 0) is 62.2 Å². The van der Waals surface area contributed by atoms with Crippen LogP contribution in [0.1, 0.15) is 176 Å². The van der Waals surface area contributed by atoms with Gasteiger partial charge in [0.1, 0.15) is 0 Å². The number of aryl methyl sites for hydroxylation is 2. The highest BCUT2D eigenvalue weighted by atomic mass is 15.4. The highest BCUT2D eigenvalue weighted by molar-refractivity contribution is 4.94. The van der Waals surface area contributed by atoms with Crippen LogP contribution in [-0.2, 0) is 13.0 Å². The highest BCUT2D eigenvalue weighted by Gasteiger charge is 2.24. The maximum atomic E-state index is 4.56. The van der Waals surface area contributed by atoms with E-state index in [4.69, 9.17) is 0 Å². The molecule has 3 heteroatoms. The van der Waals surface area contributed by atoms with Crippen LogP contribution in [-0.4, -0.2) is 15.0 Å². The Balaban J connectivity index is 2.48. The maximum Gasteiger partial charge on any atom is 0.0827 e. The molecule has 0 aliphatic heterocycles. The van der Waals surface area contributed by atoms with E-state index in [1.807, 2.05) is 0 Å². The van der Waals surface area contributed by atoms with Crippen LogP contribution in [0.5, 0.6) is 0 Å². The van der Waals surface area contributed by atoms with Gasteiger partial charge in [0.15, 0.2) is 0 Å². The summed E-state index contributed by atoms with van der Waals surface area (Å²) in [5, 5.41) is 9.05. The molecule has 0 saturated heterocycles. The molecule has 0 bridgehead atoms. The van der Waals surface area contributed by atoms with Crippen molar-refractivity contribution < 1.29 is 0 Å². The first kappa shape index (κ1) is 32.2. The molecule has 1 rings (SSSR count). The van der Waals surface area contributed by atoms with E-state index in [1.165, 1.54) is 134 Å². The zero-order valence-corrected chi connectivity index (χ0v) is 25.0. The van der Waals surface area contributed by atoms with Gasteiger partial charge in [-0.1, -0.05) is 130 Å². The van der Waals surface area contributed by atoms with Crippen molar-refractivity contribution in [2.45, 2.75) is 183 Å². The zero-order chi connectivity index (χ0) is 25.8. The topological polar surface area (TPSA) is 30.7 Å². The van der Waals surface area contributed by atoms with Crippen molar-refractivity contribution in [1.82, 2.24) is 15.0 Å². The predicted octanol–water partition coefficient (Wildman–Crippen LogP) is 10.7. The molecule has 206 valence electrons. The summed E-state index contributed by atoms with van der Waals surface area (Å²) < 4.78 is 2.12. The summed E-state index contributed by atoms with van der Waals surface area (Å²) in [4.78, 5) is 0. The normalized spacial score (nSPS) is 12.5. The lowest BCUT2D eigenvalue weighted by Gasteiger charge is -2.30. The Bertz CT molecular complexity index is 586. The molecule has 1 aromatic heterocycles. The lowest BCUT2D eigenvalue weighted by atomic mass is 9.76. The lowest BCUT2D eigenvalue weighted by molar-refractivity contribution is 0.225. The molecule has 0 aromatic carbocycles. The summed E-state index contributed by atoms with van der Waals surface area (Å²) in [6.07, 6.45) is 30.4. The number of unbranched alkanes of at least 4 members (excludes halogenated alkanes) is 9. The molecule has 1 aromatic rings. The molecule has 1 heterocycles. The summed E-state index contributed by atoms with van der Waals surface area (Å²) in [7, 11) is 0. The van der Waals surface area contributed by atoms with Crippen LogP contribution in [0.4, 0.5) is 0 Å². The van der Waals surface area contributed by atoms with Crippen molar-refractivity contribution in [3.63, 3.8) is 0 Å². The third-order valence-electron chi connectivity index (χ3n) is 8.52. The van der Waals surface area contributed by atoms with Crippen molar-refractivity contribution in [3.05, 3.63) is 11.9 Å². The van der Waals surface area contributed by atoms with Gasteiger partial charge < -0.3 is 0 Å². The molecule has 0 radical (unpaired) electrons. The molecule has 0 atom stereocenters. The van der Waals surface area contributed by atoms with Crippen molar-refractivity contribution >= 4 is 0 Å². The minimum atomic E-state index is 0.465. The summed E-state index contributed by atoms with van der Waals surface area (Å²) >= 11 is 0. The van der Waals surface area contributed by atoms with E-state index in [0.29, 0.717) is 10.8 Å². The Morgan fingerprint density at radius 2 is 1.03 bits per heavy atom. The van der Waals surface area contributed by atoms with Crippen LogP contribution in [0.3, 0.4) is 0 Å². The average molecular weight is 490 g/mol. The van der Waals surface area contributed by atoms with E-state index in [2.05, 4.69) is 62.7 Å². The smallest absolute Gasteiger partial charge is 0.0827 e. The molecule has 0 aliphatic carbocycles. The molecule has 0 saturated carbocycles. The molecule has 0 amide bonds. The fourth-order valence-corrected chi connectivity index (χ4v) is 5.73. The first-order valence-electron chi connectivity index (χ1n) is 15.8. The van der Waals surface area contributed by atoms with Crippen molar-refractivity contribution in [1.29, 1.82) is 0 Å². The van der Waals surface area contributed by atoms with E-state index < -0.39 is 0 Å². The van der Waals surface area contributed by atoms with Gasteiger partial charge in [-0.15, -0.1) is 5.10 Å². The second kappa shape index (κ2) is 19.3. The quantitative estimate of drug-likeness (QED) is 0.135. The van der Waals surface area contributed by atoms with Crippen molar-refractivity contribution in [2.75, 3.05) is 0 Å². The second-order valence-corrected chi connectivity index (χ2v) is 12.4. The number of hydrogen-bond acceptors (Lipinski definition) is 2. The van der Waals surface area contributed by atoms with Crippen LogP contribution < -0.4 is 0 Å². The van der Waals surface area contributed by atoms with Gasteiger partial charge in [0.2, 0.25) is 0 Å². The molecule has 3 nitrogen and oxygen atoms in total. The molecular formula is C32H63N3. The average Bonchev–Trinajstić information content (AvgIpc) is 3.32. The first-order chi connectivity index (χ1) is 16.9. The molecule has 0 unspecified atom stereocenters. The first-order valence-corrected chi connectivity index (χ1v) is 15.8. The van der Waals surface area contributed by atoms with Gasteiger partial charge in [0.05, 0.1) is 5.69 Å². The van der Waals surface area contributed by atoms with E-state index in [1.54, 1.807) is 0 Å². The van der Waals surface area contributed by atoms with Gasteiger partial charge in [0.25, 0.3) is 0 Å². The number of rotatable bonds is 24. The molecule has 0 N–H and O–H groups in total. The van der Waals surface area contributed by atoms with Gasteiger partial charge >= 0.3 is 0 Å². The summed E-state index contributed by atoms with van der Waals surface area (Å²) in [5.74, 6) is 0. The van der Waals surface area contributed by atoms with Gasteiger partial charge in [-0.2, -0.15) is 0 Å². The van der Waals surface area contributed by atoms with Gasteiger partial charge in [0, 0.05) is 12.7 Å². The van der Waals surface area contributed by atoms with E-state index in [-0.39, 0.29) is 0 Å². The minimum absolute atomic E-state index is 0.465. The van der Waals surface area contributed by atoms with Crippen molar-refractivity contribution in [2.24, 2.45) is 10.8 Å². The molecule has 0 aliphatic rings. The fraction of sp³-hybridized carbons (Fsp3) is 0.938. The zero-order valence-electron chi connectivity index (χ0n) is 25.0. The fourth-order valence-electron chi connectivity index (χ4n) is 5.73. The Hall–Kier alpha value is -0.860. The Labute approximate surface area is 220 Å². The molecular weight excluding hydrogens is 426 g/mol. The SMILES string of the molecule is CCCCCCC(C)(CCCCCC)CCc1cn(CCCCC(C)(CCCC)CCCC)nn1. The number of hydrogen-bond donors (Lipinski definition) is 0. The van der Waals surface area contributed by atoms with Crippen LogP contribution in [0.25, 0.3) is 0 Å². The Morgan fingerprint density at radius 3 is 1.54 bits per heavy atom. The second-order valence-electron chi connectivity index (χ2n) is 12.4. The minimum Gasteiger partial charge on any atom is -0.252 e. The molecule has 0 fully saturated rings. The summed E-state index contributed by atoms with van der Waals surface area (Å²) in [6.45, 7) is 15.4. The van der Waals surface area contributed by atoms with Crippen LogP contribution in [0, 0.1) is 10.8 Å². The standard InChI is InChI=1S/C32H63N3/c1-7-11-15-17-24-32(6,25-18-16-12-8-2)27-21-30-29-35(34-33-30)28-20-19-26-31(5,22-13-9-3)23-14-10-4/h29H,7-28H2,1-6H3.